The summed E-state index contributed by atoms with van der Waals surface area (Å²) in [7, 11) is -13.4. The Balaban J connectivity index is 1.90. The lowest BCUT2D eigenvalue weighted by atomic mass is 10.1. The molecule has 0 fully saturated rings. The molecule has 0 aromatic heterocycles. The van der Waals surface area contributed by atoms with Gasteiger partial charge in [0.25, 0.3) is 30.4 Å². The molecule has 0 aliphatic carbocycles. The van der Waals surface area contributed by atoms with E-state index < -0.39 is 41.0 Å². The highest BCUT2D eigenvalue weighted by atomic mass is 32.2. The number of rotatable bonds is 11. The Kier molecular flexibility index (Phi) is 9.14. The SMILES string of the molecule is Cc1cc(N)c(OCCCS(=O)(=O)O)cc1N=Nc1ccc(N(N)c2ccc(S(=O)(=O)O)cc2)cc1S(=O)(=O)O. The van der Waals surface area contributed by atoms with Gasteiger partial charge in [-0.05, 0) is 67.4 Å². The van der Waals surface area contributed by atoms with E-state index in [1.54, 1.807) is 6.92 Å². The molecule has 0 spiro atoms. The maximum absolute atomic E-state index is 12.1. The number of ether oxygens (including phenoxy) is 1. The number of hydrazine groups is 1. The number of nitrogen functional groups attached to an aromatic ring is 1. The molecular weight excluding hydrogens is 590 g/mol. The van der Waals surface area contributed by atoms with E-state index in [2.05, 4.69) is 10.2 Å². The highest BCUT2D eigenvalue weighted by Crippen LogP contribution is 2.35. The molecule has 7 N–H and O–H groups in total. The fraction of sp³-hybridized carbons (Fsp3) is 0.182. The average molecular weight is 616 g/mol. The van der Waals surface area contributed by atoms with Crippen molar-refractivity contribution in [2.24, 2.45) is 16.1 Å². The summed E-state index contributed by atoms with van der Waals surface area (Å²) in [5, 5.41) is 8.99. The Morgan fingerprint density at radius 2 is 1.43 bits per heavy atom. The third-order valence-electron chi connectivity index (χ3n) is 5.31. The van der Waals surface area contributed by atoms with Gasteiger partial charge in [0.05, 0.1) is 40.0 Å². The molecule has 0 amide bonds. The van der Waals surface area contributed by atoms with E-state index in [1.807, 2.05) is 0 Å². The van der Waals surface area contributed by atoms with Crippen molar-refractivity contribution in [1.29, 1.82) is 0 Å². The van der Waals surface area contributed by atoms with Crippen molar-refractivity contribution in [2.45, 2.75) is 23.1 Å². The predicted octanol–water partition coefficient (Wildman–Crippen LogP) is 3.15. The molecule has 0 saturated heterocycles. The van der Waals surface area contributed by atoms with E-state index in [0.29, 0.717) is 5.56 Å². The first-order chi connectivity index (χ1) is 18.5. The Bertz CT molecular complexity index is 1760. The fourth-order valence-corrected chi connectivity index (χ4v) is 4.94. The Hall–Kier alpha value is -3.65. The maximum atomic E-state index is 12.1. The number of hydrogen-bond acceptors (Lipinski definition) is 12. The third-order valence-corrected chi connectivity index (χ3v) is 7.87. The first-order valence-corrected chi connectivity index (χ1v) is 15.6. The summed E-state index contributed by atoms with van der Waals surface area (Å²) in [6.45, 7) is 1.57. The minimum absolute atomic E-state index is 0.00406. The maximum Gasteiger partial charge on any atom is 0.296 e. The van der Waals surface area contributed by atoms with E-state index >= 15 is 0 Å². The smallest absolute Gasteiger partial charge is 0.296 e. The normalized spacial score (nSPS) is 12.5. The van der Waals surface area contributed by atoms with Crippen LogP contribution in [0.4, 0.5) is 28.4 Å². The van der Waals surface area contributed by atoms with E-state index in [4.69, 9.17) is 25.4 Å². The fourth-order valence-electron chi connectivity index (χ4n) is 3.33. The van der Waals surface area contributed by atoms with Crippen molar-refractivity contribution in [3.63, 3.8) is 0 Å². The summed E-state index contributed by atoms with van der Waals surface area (Å²) in [4.78, 5) is -1.00. The second-order valence-electron chi connectivity index (χ2n) is 8.33. The van der Waals surface area contributed by atoms with Crippen molar-refractivity contribution in [1.82, 2.24) is 0 Å². The van der Waals surface area contributed by atoms with Crippen molar-refractivity contribution in [3.05, 3.63) is 60.2 Å². The third kappa shape index (κ3) is 8.18. The molecule has 0 saturated carbocycles. The first-order valence-electron chi connectivity index (χ1n) is 11.1. The lowest BCUT2D eigenvalue weighted by Crippen LogP contribution is -2.25. The van der Waals surface area contributed by atoms with Crippen molar-refractivity contribution in [2.75, 3.05) is 23.1 Å². The topological polar surface area (TPSA) is 252 Å². The highest BCUT2D eigenvalue weighted by Gasteiger charge is 2.19. The van der Waals surface area contributed by atoms with Crippen LogP contribution in [0.15, 0.2) is 74.6 Å². The van der Waals surface area contributed by atoms with Gasteiger partial charge in [-0.3, -0.25) is 18.7 Å². The van der Waals surface area contributed by atoms with E-state index in [0.717, 1.165) is 23.2 Å². The monoisotopic (exact) mass is 615 g/mol. The molecule has 3 aromatic carbocycles. The molecular formula is C22H25N5O10S3. The van der Waals surface area contributed by atoms with Gasteiger partial charge in [0, 0.05) is 6.07 Å². The van der Waals surface area contributed by atoms with Gasteiger partial charge in [0.15, 0.2) is 0 Å². The van der Waals surface area contributed by atoms with Gasteiger partial charge in [0.1, 0.15) is 16.3 Å². The van der Waals surface area contributed by atoms with Crippen LogP contribution in [-0.4, -0.2) is 51.3 Å². The van der Waals surface area contributed by atoms with E-state index in [1.165, 1.54) is 36.4 Å². The van der Waals surface area contributed by atoms with Crippen LogP contribution in [0.3, 0.4) is 0 Å². The molecule has 0 atom stereocenters. The molecule has 40 heavy (non-hydrogen) atoms. The second-order valence-corrected chi connectivity index (χ2v) is 12.7. The number of hydrogen-bond donors (Lipinski definition) is 5. The molecule has 18 heteroatoms. The van der Waals surface area contributed by atoms with Crippen LogP contribution in [0.25, 0.3) is 0 Å². The van der Waals surface area contributed by atoms with Crippen molar-refractivity contribution >= 4 is 58.8 Å². The van der Waals surface area contributed by atoms with E-state index in [9.17, 15) is 29.8 Å². The van der Waals surface area contributed by atoms with Crippen molar-refractivity contribution < 1.29 is 43.6 Å². The molecule has 0 bridgehead atoms. The Labute approximate surface area is 230 Å². The summed E-state index contributed by atoms with van der Waals surface area (Å²) < 4.78 is 102. The summed E-state index contributed by atoms with van der Waals surface area (Å²) >= 11 is 0. The Morgan fingerprint density at radius 1 is 0.825 bits per heavy atom. The number of benzene rings is 3. The number of nitrogens with zero attached hydrogens (tertiary/aromatic N) is 3. The molecule has 3 rings (SSSR count). The van der Waals surface area contributed by atoms with Crippen LogP contribution < -0.4 is 21.3 Å². The lowest BCUT2D eigenvalue weighted by molar-refractivity contribution is 0.318. The lowest BCUT2D eigenvalue weighted by Gasteiger charge is -2.20. The van der Waals surface area contributed by atoms with Gasteiger partial charge in [-0.15, -0.1) is 5.11 Å². The molecule has 3 aromatic rings. The molecule has 0 heterocycles. The number of anilines is 3. The van der Waals surface area contributed by atoms with Gasteiger partial charge in [-0.25, -0.2) is 5.84 Å². The van der Waals surface area contributed by atoms with Gasteiger partial charge < -0.3 is 10.5 Å². The van der Waals surface area contributed by atoms with Crippen LogP contribution in [0.2, 0.25) is 0 Å². The second kappa shape index (κ2) is 11.8. The molecule has 0 aliphatic heterocycles. The van der Waals surface area contributed by atoms with Crippen molar-refractivity contribution in [3.8, 4) is 5.75 Å². The molecule has 0 aliphatic rings. The standard InChI is InChI=1S/C22H25N5O10S3/c1-14-11-18(23)21(37-9-2-10-38(28,29)30)13-20(14)26-25-19-8-5-16(12-22(19)40(34,35)36)27(24)15-3-6-17(7-4-15)39(31,32)33/h3-8,11-13H,2,9-10,23-24H2,1H3,(H,28,29,30)(H,31,32,33)(H,34,35,36). The van der Waals surface area contributed by atoms with Crippen LogP contribution in [0.5, 0.6) is 5.75 Å². The van der Waals surface area contributed by atoms with E-state index in [-0.39, 0.29) is 52.1 Å². The first kappa shape index (κ1) is 30.9. The minimum atomic E-state index is -4.82. The van der Waals surface area contributed by atoms with Crippen LogP contribution >= 0.6 is 0 Å². The van der Waals surface area contributed by atoms with Gasteiger partial charge in [0.2, 0.25) is 0 Å². The quantitative estimate of drug-likeness (QED) is 0.0519. The number of nitrogens with two attached hydrogens (primary N) is 2. The molecule has 0 unspecified atom stereocenters. The molecule has 15 nitrogen and oxygen atoms in total. The highest BCUT2D eigenvalue weighted by molar-refractivity contribution is 7.86. The summed E-state index contributed by atoms with van der Waals surface area (Å²) in [5.41, 5.74) is 6.98. The van der Waals surface area contributed by atoms with Gasteiger partial charge in [-0.1, -0.05) is 0 Å². The zero-order valence-corrected chi connectivity index (χ0v) is 23.2. The molecule has 216 valence electrons. The number of azo groups is 1. The summed E-state index contributed by atoms with van der Waals surface area (Å²) in [6, 6.07) is 11.3. The number of aryl methyl sites for hydroxylation is 1. The summed E-state index contributed by atoms with van der Waals surface area (Å²) in [5.74, 6) is 5.69. The zero-order valence-electron chi connectivity index (χ0n) is 20.7. The molecule has 0 radical (unpaired) electrons. The van der Waals surface area contributed by atoms with Crippen LogP contribution in [-0.2, 0) is 30.4 Å². The van der Waals surface area contributed by atoms with Crippen LogP contribution in [0, 0.1) is 6.92 Å². The van der Waals surface area contributed by atoms with Gasteiger partial charge in [-0.2, -0.15) is 30.4 Å². The zero-order chi connectivity index (χ0) is 29.9. The minimum Gasteiger partial charge on any atom is -0.491 e. The average Bonchev–Trinajstić information content (AvgIpc) is 2.85. The van der Waals surface area contributed by atoms with Gasteiger partial charge >= 0.3 is 0 Å². The largest absolute Gasteiger partial charge is 0.491 e. The predicted molar refractivity (Wildman–Crippen MR) is 145 cm³/mol. The van der Waals surface area contributed by atoms with Crippen LogP contribution in [0.1, 0.15) is 12.0 Å². The Morgan fingerprint density at radius 3 is 2.00 bits per heavy atom. The summed E-state index contributed by atoms with van der Waals surface area (Å²) in [6.07, 6.45) is -0.00406.